The lowest BCUT2D eigenvalue weighted by molar-refractivity contribution is 0.122. The van der Waals surface area contributed by atoms with E-state index in [9.17, 15) is 0 Å². The summed E-state index contributed by atoms with van der Waals surface area (Å²) in [4.78, 5) is 0. The average Bonchev–Trinajstić information content (AvgIpc) is 2.39. The zero-order valence-electron chi connectivity index (χ0n) is 7.70. The molecule has 0 aromatic heterocycles. The molecule has 0 bridgehead atoms. The van der Waals surface area contributed by atoms with E-state index in [4.69, 9.17) is 10.5 Å². The molecule has 70 valence electrons. The van der Waals surface area contributed by atoms with Crippen LogP contribution in [-0.2, 0) is 11.3 Å². The van der Waals surface area contributed by atoms with E-state index in [1.807, 2.05) is 0 Å². The fraction of sp³-hybridized carbons (Fsp3) is 0.455. The SMILES string of the molecule is NCC1CCOCc2ccccc21. The number of hydrogen-bond acceptors (Lipinski definition) is 2. The summed E-state index contributed by atoms with van der Waals surface area (Å²) in [5.74, 6) is 0.485. The van der Waals surface area contributed by atoms with Crippen LogP contribution >= 0.6 is 0 Å². The first kappa shape index (κ1) is 8.73. The van der Waals surface area contributed by atoms with Crippen molar-refractivity contribution in [2.45, 2.75) is 18.9 Å². The molecular formula is C11H15NO. The van der Waals surface area contributed by atoms with Gasteiger partial charge in [0.1, 0.15) is 0 Å². The Hall–Kier alpha value is -0.860. The number of ether oxygens (including phenoxy) is 1. The van der Waals surface area contributed by atoms with Gasteiger partial charge in [-0.25, -0.2) is 0 Å². The molecule has 0 saturated carbocycles. The van der Waals surface area contributed by atoms with Crippen molar-refractivity contribution in [2.24, 2.45) is 5.73 Å². The van der Waals surface area contributed by atoms with Crippen LogP contribution in [0.1, 0.15) is 23.5 Å². The van der Waals surface area contributed by atoms with Crippen LogP contribution in [0, 0.1) is 0 Å². The third-order valence-corrected chi connectivity index (χ3v) is 2.65. The van der Waals surface area contributed by atoms with Gasteiger partial charge in [-0.1, -0.05) is 24.3 Å². The second-order valence-electron chi connectivity index (χ2n) is 3.47. The molecule has 13 heavy (non-hydrogen) atoms. The summed E-state index contributed by atoms with van der Waals surface area (Å²) in [5, 5.41) is 0. The van der Waals surface area contributed by atoms with E-state index in [0.717, 1.165) is 26.2 Å². The van der Waals surface area contributed by atoms with Crippen molar-refractivity contribution in [3.8, 4) is 0 Å². The van der Waals surface area contributed by atoms with Gasteiger partial charge in [0.25, 0.3) is 0 Å². The Bertz CT molecular complexity index is 285. The van der Waals surface area contributed by atoms with E-state index in [1.165, 1.54) is 11.1 Å². The largest absolute Gasteiger partial charge is 0.377 e. The van der Waals surface area contributed by atoms with Crippen LogP contribution in [0.25, 0.3) is 0 Å². The lowest BCUT2D eigenvalue weighted by Gasteiger charge is -2.13. The number of benzene rings is 1. The first-order valence-corrected chi connectivity index (χ1v) is 4.77. The second kappa shape index (κ2) is 3.90. The zero-order valence-corrected chi connectivity index (χ0v) is 7.70. The molecule has 0 amide bonds. The van der Waals surface area contributed by atoms with Crippen LogP contribution in [0.15, 0.2) is 24.3 Å². The highest BCUT2D eigenvalue weighted by molar-refractivity contribution is 5.30. The maximum absolute atomic E-state index is 5.73. The van der Waals surface area contributed by atoms with Gasteiger partial charge < -0.3 is 10.5 Å². The van der Waals surface area contributed by atoms with Crippen molar-refractivity contribution in [2.75, 3.05) is 13.2 Å². The lowest BCUT2D eigenvalue weighted by atomic mass is 9.93. The summed E-state index contributed by atoms with van der Waals surface area (Å²) in [6, 6.07) is 8.43. The molecule has 2 heteroatoms. The van der Waals surface area contributed by atoms with Gasteiger partial charge >= 0.3 is 0 Å². The Morgan fingerprint density at radius 1 is 1.38 bits per heavy atom. The summed E-state index contributed by atoms with van der Waals surface area (Å²) in [7, 11) is 0. The van der Waals surface area contributed by atoms with Gasteiger partial charge in [-0.05, 0) is 30.0 Å². The predicted octanol–water partition coefficient (Wildman–Crippen LogP) is 1.65. The van der Waals surface area contributed by atoms with Crippen LogP contribution in [-0.4, -0.2) is 13.2 Å². The minimum atomic E-state index is 0.485. The van der Waals surface area contributed by atoms with Crippen molar-refractivity contribution >= 4 is 0 Å². The van der Waals surface area contributed by atoms with E-state index >= 15 is 0 Å². The molecule has 2 nitrogen and oxygen atoms in total. The summed E-state index contributed by atoms with van der Waals surface area (Å²) in [6.45, 7) is 2.30. The van der Waals surface area contributed by atoms with Crippen LogP contribution in [0.5, 0.6) is 0 Å². The molecule has 2 rings (SSSR count). The molecule has 1 aromatic carbocycles. The lowest BCUT2D eigenvalue weighted by Crippen LogP contribution is -2.13. The zero-order chi connectivity index (χ0) is 9.10. The Balaban J connectivity index is 2.35. The maximum atomic E-state index is 5.73. The summed E-state index contributed by atoms with van der Waals surface area (Å²) < 4.78 is 5.50. The molecule has 1 heterocycles. The van der Waals surface area contributed by atoms with E-state index in [0.29, 0.717) is 5.92 Å². The van der Waals surface area contributed by atoms with Gasteiger partial charge in [0, 0.05) is 6.61 Å². The van der Waals surface area contributed by atoms with E-state index in [1.54, 1.807) is 0 Å². The van der Waals surface area contributed by atoms with E-state index < -0.39 is 0 Å². The van der Waals surface area contributed by atoms with Gasteiger partial charge in [-0.2, -0.15) is 0 Å². The molecule has 1 aliphatic heterocycles. The molecule has 0 saturated heterocycles. The van der Waals surface area contributed by atoms with Crippen molar-refractivity contribution in [1.29, 1.82) is 0 Å². The van der Waals surface area contributed by atoms with Gasteiger partial charge in [-0.15, -0.1) is 0 Å². The van der Waals surface area contributed by atoms with Crippen molar-refractivity contribution in [1.82, 2.24) is 0 Å². The fourth-order valence-electron chi connectivity index (χ4n) is 1.87. The minimum Gasteiger partial charge on any atom is -0.377 e. The molecule has 2 N–H and O–H groups in total. The normalized spacial score (nSPS) is 22.1. The van der Waals surface area contributed by atoms with Gasteiger partial charge in [0.15, 0.2) is 0 Å². The van der Waals surface area contributed by atoms with Crippen LogP contribution < -0.4 is 5.73 Å². The molecule has 0 fully saturated rings. The molecule has 0 radical (unpaired) electrons. The maximum Gasteiger partial charge on any atom is 0.0719 e. The van der Waals surface area contributed by atoms with Crippen molar-refractivity contribution in [3.63, 3.8) is 0 Å². The average molecular weight is 177 g/mol. The monoisotopic (exact) mass is 177 g/mol. The predicted molar refractivity (Wildman–Crippen MR) is 52.5 cm³/mol. The number of nitrogens with two attached hydrogens (primary N) is 1. The minimum absolute atomic E-state index is 0.485. The van der Waals surface area contributed by atoms with Gasteiger partial charge in [0.05, 0.1) is 6.61 Å². The Kier molecular flexibility index (Phi) is 2.62. The second-order valence-corrected chi connectivity index (χ2v) is 3.47. The Morgan fingerprint density at radius 3 is 3.08 bits per heavy atom. The highest BCUT2D eigenvalue weighted by Crippen LogP contribution is 2.25. The first-order valence-electron chi connectivity index (χ1n) is 4.77. The quantitative estimate of drug-likeness (QED) is 0.708. The Labute approximate surface area is 78.7 Å². The smallest absolute Gasteiger partial charge is 0.0719 e. The molecular weight excluding hydrogens is 162 g/mol. The summed E-state index contributed by atoms with van der Waals surface area (Å²) in [6.07, 6.45) is 1.05. The first-order chi connectivity index (χ1) is 6.42. The van der Waals surface area contributed by atoms with Crippen molar-refractivity contribution in [3.05, 3.63) is 35.4 Å². The summed E-state index contributed by atoms with van der Waals surface area (Å²) >= 11 is 0. The number of rotatable bonds is 1. The molecule has 1 atom stereocenters. The van der Waals surface area contributed by atoms with Crippen molar-refractivity contribution < 1.29 is 4.74 Å². The van der Waals surface area contributed by atoms with Crippen LogP contribution in [0.3, 0.4) is 0 Å². The van der Waals surface area contributed by atoms with Gasteiger partial charge in [-0.3, -0.25) is 0 Å². The molecule has 1 aromatic rings. The molecule has 0 aliphatic carbocycles. The third-order valence-electron chi connectivity index (χ3n) is 2.65. The highest BCUT2D eigenvalue weighted by atomic mass is 16.5. The fourth-order valence-corrected chi connectivity index (χ4v) is 1.87. The molecule has 1 aliphatic rings. The Morgan fingerprint density at radius 2 is 2.23 bits per heavy atom. The van der Waals surface area contributed by atoms with E-state index in [2.05, 4.69) is 24.3 Å². The summed E-state index contributed by atoms with van der Waals surface area (Å²) in [5.41, 5.74) is 8.41. The van der Waals surface area contributed by atoms with Crippen LogP contribution in [0.2, 0.25) is 0 Å². The van der Waals surface area contributed by atoms with E-state index in [-0.39, 0.29) is 0 Å². The third kappa shape index (κ3) is 1.74. The highest BCUT2D eigenvalue weighted by Gasteiger charge is 2.16. The topological polar surface area (TPSA) is 35.2 Å². The molecule has 0 spiro atoms. The standard InChI is InChI=1S/C11H15NO/c12-7-9-5-6-13-8-10-3-1-2-4-11(9)10/h1-4,9H,5-8,12H2. The molecule has 1 unspecified atom stereocenters. The number of hydrogen-bond donors (Lipinski definition) is 1. The van der Waals surface area contributed by atoms with Crippen LogP contribution in [0.4, 0.5) is 0 Å². The van der Waals surface area contributed by atoms with Gasteiger partial charge in [0.2, 0.25) is 0 Å². The number of fused-ring (bicyclic) bond motifs is 1.